The van der Waals surface area contributed by atoms with Crippen molar-refractivity contribution in [2.75, 3.05) is 30.4 Å². The molecule has 0 aliphatic carbocycles. The fraction of sp³-hybridized carbons (Fsp3) is 0.278. The molecule has 0 unspecified atom stereocenters. The highest BCUT2D eigenvalue weighted by Crippen LogP contribution is 2.41. The van der Waals surface area contributed by atoms with Crippen LogP contribution in [0.5, 0.6) is 5.75 Å². The van der Waals surface area contributed by atoms with Gasteiger partial charge in [-0.25, -0.2) is 0 Å². The first-order valence-corrected chi connectivity index (χ1v) is 8.69. The van der Waals surface area contributed by atoms with Crippen LogP contribution in [0.15, 0.2) is 36.4 Å². The molecule has 0 aromatic heterocycles. The number of rotatable bonds is 7. The van der Waals surface area contributed by atoms with E-state index in [1.807, 2.05) is 0 Å². The van der Waals surface area contributed by atoms with Crippen LogP contribution in [0, 0.1) is 10.1 Å². The van der Waals surface area contributed by atoms with Crippen LogP contribution in [0.3, 0.4) is 0 Å². The van der Waals surface area contributed by atoms with Gasteiger partial charge in [0.05, 0.1) is 34.9 Å². The van der Waals surface area contributed by atoms with Crippen LogP contribution < -0.4 is 15.0 Å². The van der Waals surface area contributed by atoms with E-state index in [1.54, 1.807) is 31.2 Å². The molecule has 0 atom stereocenters. The van der Waals surface area contributed by atoms with Crippen molar-refractivity contribution in [3.05, 3.63) is 57.1 Å². The van der Waals surface area contributed by atoms with Crippen LogP contribution in [0.4, 0.5) is 30.2 Å². The minimum Gasteiger partial charge on any atom is -0.495 e. The maximum absolute atomic E-state index is 13.0. The summed E-state index contributed by atoms with van der Waals surface area (Å²) in [6.45, 7) is 1.37. The third kappa shape index (κ3) is 5.29. The molecule has 2 rings (SSSR count). The van der Waals surface area contributed by atoms with Gasteiger partial charge in [0.1, 0.15) is 11.4 Å². The Kier molecular flexibility index (Phi) is 6.91. The predicted molar refractivity (Wildman–Crippen MR) is 103 cm³/mol. The van der Waals surface area contributed by atoms with E-state index in [2.05, 4.69) is 5.32 Å². The van der Waals surface area contributed by atoms with Crippen molar-refractivity contribution in [2.45, 2.75) is 13.1 Å². The third-order valence-corrected chi connectivity index (χ3v) is 4.32. The van der Waals surface area contributed by atoms with E-state index in [4.69, 9.17) is 16.3 Å². The Morgan fingerprint density at radius 3 is 2.52 bits per heavy atom. The Morgan fingerprint density at radius 2 is 1.97 bits per heavy atom. The Bertz CT molecular complexity index is 922. The lowest BCUT2D eigenvalue weighted by molar-refractivity contribution is -0.384. The van der Waals surface area contributed by atoms with Crippen LogP contribution in [0.1, 0.15) is 12.5 Å². The Balaban J connectivity index is 2.34. The number of nitrogens with zero attached hydrogens (tertiary/aromatic N) is 2. The van der Waals surface area contributed by atoms with Gasteiger partial charge in [-0.3, -0.25) is 14.9 Å². The fourth-order valence-electron chi connectivity index (χ4n) is 2.65. The molecule has 0 aliphatic rings. The maximum atomic E-state index is 13.0. The van der Waals surface area contributed by atoms with Crippen molar-refractivity contribution >= 4 is 34.6 Å². The van der Waals surface area contributed by atoms with Crippen molar-refractivity contribution in [1.29, 1.82) is 0 Å². The molecule has 2 aromatic rings. The second-order valence-corrected chi connectivity index (χ2v) is 6.25. The van der Waals surface area contributed by atoms with Gasteiger partial charge in [0.25, 0.3) is 5.69 Å². The van der Waals surface area contributed by atoms with Crippen molar-refractivity contribution in [2.24, 2.45) is 0 Å². The number of hydrogen-bond acceptors (Lipinski definition) is 5. The molecule has 7 nitrogen and oxygen atoms in total. The summed E-state index contributed by atoms with van der Waals surface area (Å²) in [6.07, 6.45) is -4.85. The fourth-order valence-corrected chi connectivity index (χ4v) is 2.91. The van der Waals surface area contributed by atoms with Gasteiger partial charge in [-0.15, -0.1) is 0 Å². The van der Waals surface area contributed by atoms with Gasteiger partial charge in [0.2, 0.25) is 5.91 Å². The second-order valence-electron chi connectivity index (χ2n) is 5.84. The number of alkyl halides is 3. The second kappa shape index (κ2) is 8.99. The lowest BCUT2D eigenvalue weighted by Crippen LogP contribution is -2.33. The molecular weight excluding hydrogens is 415 g/mol. The highest BCUT2D eigenvalue weighted by molar-refractivity contribution is 6.32. The normalized spacial score (nSPS) is 11.1. The molecule has 0 bridgehead atoms. The first kappa shape index (κ1) is 22.3. The quantitative estimate of drug-likeness (QED) is 0.505. The first-order valence-electron chi connectivity index (χ1n) is 8.31. The van der Waals surface area contributed by atoms with E-state index in [-0.39, 0.29) is 18.8 Å². The highest BCUT2D eigenvalue weighted by atomic mass is 35.5. The molecule has 156 valence electrons. The average molecular weight is 432 g/mol. The third-order valence-electron chi connectivity index (χ3n) is 4.00. The largest absolute Gasteiger partial charge is 0.495 e. The zero-order valence-corrected chi connectivity index (χ0v) is 16.2. The number of anilines is 2. The van der Waals surface area contributed by atoms with Crippen molar-refractivity contribution in [1.82, 2.24) is 0 Å². The summed E-state index contributed by atoms with van der Waals surface area (Å²) in [5.74, 6) is -0.130. The van der Waals surface area contributed by atoms with Crippen molar-refractivity contribution < 1.29 is 27.6 Å². The van der Waals surface area contributed by atoms with Crippen LogP contribution in [0.2, 0.25) is 5.02 Å². The zero-order valence-electron chi connectivity index (χ0n) is 15.4. The van der Waals surface area contributed by atoms with Gasteiger partial charge >= 0.3 is 6.18 Å². The average Bonchev–Trinajstić information content (AvgIpc) is 2.65. The molecule has 0 heterocycles. The van der Waals surface area contributed by atoms with Crippen LogP contribution in [-0.4, -0.2) is 31.0 Å². The van der Waals surface area contributed by atoms with Crippen LogP contribution in [0.25, 0.3) is 0 Å². The number of amides is 1. The Labute approximate surface area is 169 Å². The molecule has 29 heavy (non-hydrogen) atoms. The molecule has 0 aliphatic heterocycles. The number of para-hydroxylation sites is 2. The number of nitrogens with one attached hydrogen (secondary N) is 1. The summed E-state index contributed by atoms with van der Waals surface area (Å²) in [4.78, 5) is 24.1. The number of halogens is 4. The Hall–Kier alpha value is -3.01. The maximum Gasteiger partial charge on any atom is 0.418 e. The predicted octanol–water partition coefficient (Wildman–Crippen LogP) is 4.74. The summed E-state index contributed by atoms with van der Waals surface area (Å²) < 4.78 is 44.2. The van der Waals surface area contributed by atoms with Gasteiger partial charge in [-0.2, -0.15) is 13.2 Å². The van der Waals surface area contributed by atoms with Gasteiger partial charge in [0, 0.05) is 12.6 Å². The number of nitro benzene ring substituents is 1. The van der Waals surface area contributed by atoms with E-state index in [9.17, 15) is 28.1 Å². The monoisotopic (exact) mass is 431 g/mol. The van der Waals surface area contributed by atoms with E-state index in [0.29, 0.717) is 17.5 Å². The number of likely N-dealkylation sites (N-methyl/N-ethyl adjacent to an activating group) is 1. The number of nitro groups is 1. The number of benzene rings is 2. The minimum atomic E-state index is -4.85. The van der Waals surface area contributed by atoms with E-state index in [0.717, 1.165) is 6.07 Å². The summed E-state index contributed by atoms with van der Waals surface area (Å²) in [7, 11) is 1.43. The molecule has 2 aromatic carbocycles. The number of carbonyl (C=O) groups is 1. The van der Waals surface area contributed by atoms with E-state index >= 15 is 0 Å². The van der Waals surface area contributed by atoms with Crippen LogP contribution >= 0.6 is 11.6 Å². The molecule has 0 saturated heterocycles. The number of carbonyl (C=O) groups excluding carboxylic acids is 1. The van der Waals surface area contributed by atoms with Crippen molar-refractivity contribution in [3.63, 3.8) is 0 Å². The molecule has 0 fully saturated rings. The molecule has 1 N–H and O–H groups in total. The lowest BCUT2D eigenvalue weighted by atomic mass is 10.1. The van der Waals surface area contributed by atoms with Gasteiger partial charge in [0.15, 0.2) is 0 Å². The highest BCUT2D eigenvalue weighted by Gasteiger charge is 2.37. The van der Waals surface area contributed by atoms with Gasteiger partial charge in [-0.1, -0.05) is 23.7 Å². The lowest BCUT2D eigenvalue weighted by Gasteiger charge is -2.23. The van der Waals surface area contributed by atoms with E-state index < -0.39 is 33.3 Å². The number of methoxy groups -OCH3 is 1. The van der Waals surface area contributed by atoms with Gasteiger partial charge in [-0.05, 0) is 25.1 Å². The molecule has 1 amide bonds. The molecule has 0 saturated carbocycles. The first-order chi connectivity index (χ1) is 13.6. The van der Waals surface area contributed by atoms with E-state index in [1.165, 1.54) is 12.0 Å². The molecule has 0 radical (unpaired) electrons. The summed E-state index contributed by atoms with van der Waals surface area (Å²) in [6, 6.07) is 7.84. The number of hydrogen-bond donors (Lipinski definition) is 1. The molecule has 11 heteroatoms. The topological polar surface area (TPSA) is 84.7 Å². The Morgan fingerprint density at radius 1 is 1.31 bits per heavy atom. The smallest absolute Gasteiger partial charge is 0.418 e. The van der Waals surface area contributed by atoms with Crippen molar-refractivity contribution in [3.8, 4) is 5.75 Å². The zero-order chi connectivity index (χ0) is 21.8. The van der Waals surface area contributed by atoms with Crippen LogP contribution in [-0.2, 0) is 11.0 Å². The summed E-state index contributed by atoms with van der Waals surface area (Å²) in [5.41, 5.74) is -1.92. The SMILES string of the molecule is CCN(CC(=O)Nc1ccccc1OC)c1cc(Cl)c(C(F)(F)F)cc1[N+](=O)[O-]. The standard InChI is InChI=1S/C18H17ClF3N3O4/c1-3-24(10-17(26)23-13-6-4-5-7-16(13)29-2)14-9-12(19)11(18(20,21)22)8-15(14)25(27)28/h4-9H,3,10H2,1-2H3,(H,23,26). The summed E-state index contributed by atoms with van der Waals surface area (Å²) >= 11 is 5.71. The minimum absolute atomic E-state index is 0.113. The summed E-state index contributed by atoms with van der Waals surface area (Å²) in [5, 5.41) is 13.3. The molecule has 0 spiro atoms. The van der Waals surface area contributed by atoms with Gasteiger partial charge < -0.3 is 15.0 Å². The molecular formula is C18H17ClF3N3O4. The number of ether oxygens (including phenoxy) is 1.